The minimum absolute atomic E-state index is 0.0280. The van der Waals surface area contributed by atoms with Crippen LogP contribution in [0.5, 0.6) is 11.5 Å². The zero-order chi connectivity index (χ0) is 21.6. The molecule has 162 valence electrons. The molecule has 7 heteroatoms. The number of aromatic hydroxyl groups is 1. The van der Waals surface area contributed by atoms with Gasteiger partial charge in [-0.15, -0.1) is 0 Å². The third-order valence-electron chi connectivity index (χ3n) is 7.72. The van der Waals surface area contributed by atoms with Gasteiger partial charge in [0.05, 0.1) is 6.61 Å². The lowest BCUT2D eigenvalue weighted by atomic mass is 9.46. The number of allylic oxidation sites excluding steroid dienone is 1. The van der Waals surface area contributed by atoms with E-state index in [2.05, 4.69) is 27.4 Å². The molecule has 29 heavy (non-hydrogen) atoms. The second-order valence-electron chi connectivity index (χ2n) is 9.36. The molecule has 0 unspecified atom stereocenters. The number of fused-ring (bicyclic) bond motifs is 1. The Balaban J connectivity index is 2.09. The number of hydrogen-bond donors (Lipinski definition) is 3. The van der Waals surface area contributed by atoms with Gasteiger partial charge in [-0.25, -0.2) is 0 Å². The van der Waals surface area contributed by atoms with Gasteiger partial charge in [-0.1, -0.05) is 32.9 Å². The quantitative estimate of drug-likeness (QED) is 0.478. The van der Waals surface area contributed by atoms with Crippen LogP contribution in [-0.2, 0) is 23.4 Å². The summed E-state index contributed by atoms with van der Waals surface area (Å²) in [5, 5.41) is 19.9. The summed E-state index contributed by atoms with van der Waals surface area (Å²) in [4.78, 5) is 0. The van der Waals surface area contributed by atoms with Crippen molar-refractivity contribution in [3.8, 4) is 11.5 Å². The topological polar surface area (TPSA) is 104 Å². The van der Waals surface area contributed by atoms with E-state index < -0.39 is 16.1 Å². The maximum Gasteiger partial charge on any atom is 0.446 e. The van der Waals surface area contributed by atoms with Gasteiger partial charge in [-0.2, -0.15) is 8.42 Å². The zero-order valence-corrected chi connectivity index (χ0v) is 18.3. The van der Waals surface area contributed by atoms with E-state index in [1.54, 1.807) is 6.07 Å². The largest absolute Gasteiger partial charge is 0.504 e. The van der Waals surface area contributed by atoms with Gasteiger partial charge in [0, 0.05) is 5.56 Å². The second kappa shape index (κ2) is 7.60. The van der Waals surface area contributed by atoms with Crippen molar-refractivity contribution in [3.05, 3.63) is 35.4 Å². The number of hydrogen-bond acceptors (Lipinski definition) is 5. The van der Waals surface area contributed by atoms with Crippen LogP contribution in [0, 0.1) is 22.7 Å². The first-order valence-electron chi connectivity index (χ1n) is 10.2. The number of rotatable bonds is 5. The standard InChI is InChI=1S/C22H32O6S/c1-14-6-5-7-19-21(14,3)9-8-15(2)22(19,4)12-17-10-16(13-23)11-18(24)20(17)28-29(25,26)27/h10-11,15,19,23-24H,1,5-9,12-13H2,2-4H3,(H,25,26,27)/t15-,19+,21+,22+/m1/s1. The van der Waals surface area contributed by atoms with E-state index >= 15 is 0 Å². The Kier molecular flexibility index (Phi) is 5.80. The zero-order valence-electron chi connectivity index (χ0n) is 17.4. The molecule has 0 saturated heterocycles. The van der Waals surface area contributed by atoms with Crippen molar-refractivity contribution < 1.29 is 27.4 Å². The van der Waals surface area contributed by atoms with Gasteiger partial charge in [0.2, 0.25) is 0 Å². The first kappa shape index (κ1) is 22.1. The predicted molar refractivity (Wildman–Crippen MR) is 111 cm³/mol. The molecule has 2 aliphatic rings. The molecule has 0 aromatic heterocycles. The number of aliphatic hydroxyl groups excluding tert-OH is 1. The Labute approximate surface area is 173 Å². The molecule has 4 atom stereocenters. The van der Waals surface area contributed by atoms with E-state index in [1.807, 2.05) is 0 Å². The highest BCUT2D eigenvalue weighted by molar-refractivity contribution is 7.81. The Morgan fingerprint density at radius 1 is 1.28 bits per heavy atom. The molecule has 3 rings (SSSR count). The van der Waals surface area contributed by atoms with Crippen molar-refractivity contribution in [1.82, 2.24) is 0 Å². The van der Waals surface area contributed by atoms with E-state index in [0.29, 0.717) is 29.4 Å². The van der Waals surface area contributed by atoms with Crippen molar-refractivity contribution in [1.29, 1.82) is 0 Å². The van der Waals surface area contributed by atoms with Crippen molar-refractivity contribution in [3.63, 3.8) is 0 Å². The summed E-state index contributed by atoms with van der Waals surface area (Å²) >= 11 is 0. The summed E-state index contributed by atoms with van der Waals surface area (Å²) in [5.74, 6) is 0.0515. The smallest absolute Gasteiger partial charge is 0.446 e. The molecule has 0 bridgehead atoms. The molecule has 0 radical (unpaired) electrons. The van der Waals surface area contributed by atoms with Gasteiger partial charge < -0.3 is 14.4 Å². The highest BCUT2D eigenvalue weighted by atomic mass is 32.3. The van der Waals surface area contributed by atoms with Crippen LogP contribution >= 0.6 is 0 Å². The first-order valence-corrected chi connectivity index (χ1v) is 11.6. The van der Waals surface area contributed by atoms with Crippen molar-refractivity contribution >= 4 is 10.4 Å². The van der Waals surface area contributed by atoms with Crippen LogP contribution in [0.25, 0.3) is 0 Å². The Bertz CT molecular complexity index is 908. The molecule has 0 aliphatic heterocycles. The Morgan fingerprint density at radius 3 is 2.59 bits per heavy atom. The molecule has 6 nitrogen and oxygen atoms in total. The predicted octanol–water partition coefficient (Wildman–Crippen LogP) is 4.41. The summed E-state index contributed by atoms with van der Waals surface area (Å²) in [6, 6.07) is 2.91. The SMILES string of the molecule is C=C1CCC[C@@H]2[C@@](C)(Cc3cc(CO)cc(O)c3OS(=O)(=O)O)[C@H](C)CC[C@@]12C. The minimum atomic E-state index is -4.80. The van der Waals surface area contributed by atoms with Crippen LogP contribution < -0.4 is 4.18 Å². The average molecular weight is 425 g/mol. The van der Waals surface area contributed by atoms with Gasteiger partial charge in [-0.3, -0.25) is 4.55 Å². The molecule has 1 aromatic rings. The summed E-state index contributed by atoms with van der Waals surface area (Å²) in [6.45, 7) is 10.8. The highest BCUT2D eigenvalue weighted by Gasteiger charge is 2.54. The van der Waals surface area contributed by atoms with E-state index in [9.17, 15) is 23.2 Å². The number of aliphatic hydroxyl groups is 1. The summed E-state index contributed by atoms with van der Waals surface area (Å²) in [7, 11) is -4.80. The molecule has 2 fully saturated rings. The van der Waals surface area contributed by atoms with Crippen LogP contribution in [0.4, 0.5) is 0 Å². The maximum atomic E-state index is 11.4. The van der Waals surface area contributed by atoms with Crippen LogP contribution in [0.2, 0.25) is 0 Å². The summed E-state index contributed by atoms with van der Waals surface area (Å²) in [6.07, 6.45) is 5.77. The number of benzene rings is 1. The van der Waals surface area contributed by atoms with E-state index in [-0.39, 0.29) is 23.2 Å². The number of phenols is 1. The minimum Gasteiger partial charge on any atom is -0.504 e. The van der Waals surface area contributed by atoms with Crippen molar-refractivity contribution in [2.24, 2.45) is 22.7 Å². The van der Waals surface area contributed by atoms with Crippen LogP contribution in [-0.4, -0.2) is 23.2 Å². The lowest BCUT2D eigenvalue weighted by molar-refractivity contribution is -0.0490. The molecule has 2 aliphatic carbocycles. The second-order valence-corrected chi connectivity index (χ2v) is 10.4. The molecular formula is C22H32O6S. The first-order chi connectivity index (χ1) is 13.4. The third-order valence-corrected chi connectivity index (χ3v) is 8.09. The van der Waals surface area contributed by atoms with E-state index in [0.717, 1.165) is 32.1 Å². The molecule has 3 N–H and O–H groups in total. The van der Waals surface area contributed by atoms with Crippen molar-refractivity contribution in [2.45, 2.75) is 65.9 Å². The van der Waals surface area contributed by atoms with Gasteiger partial charge >= 0.3 is 10.4 Å². The molecule has 0 heterocycles. The Morgan fingerprint density at radius 2 is 1.97 bits per heavy atom. The third kappa shape index (κ3) is 4.05. The maximum absolute atomic E-state index is 11.4. The fraction of sp³-hybridized carbons (Fsp3) is 0.636. The summed E-state index contributed by atoms with van der Waals surface area (Å²) < 4.78 is 36.7. The van der Waals surface area contributed by atoms with Gasteiger partial charge in [-0.05, 0) is 78.9 Å². The van der Waals surface area contributed by atoms with Crippen molar-refractivity contribution in [2.75, 3.05) is 0 Å². The highest BCUT2D eigenvalue weighted by Crippen LogP contribution is 2.62. The van der Waals surface area contributed by atoms with Crippen LogP contribution in [0.3, 0.4) is 0 Å². The Hall–Kier alpha value is -1.57. The fourth-order valence-corrected chi connectivity index (χ4v) is 6.24. The lowest BCUT2D eigenvalue weighted by Crippen LogP contribution is -2.51. The average Bonchev–Trinajstić information content (AvgIpc) is 2.62. The van der Waals surface area contributed by atoms with Gasteiger partial charge in [0.15, 0.2) is 11.5 Å². The summed E-state index contributed by atoms with van der Waals surface area (Å²) in [5.41, 5.74) is 2.06. The van der Waals surface area contributed by atoms with E-state index in [4.69, 9.17) is 4.18 Å². The van der Waals surface area contributed by atoms with Gasteiger partial charge in [0.1, 0.15) is 0 Å². The van der Waals surface area contributed by atoms with E-state index in [1.165, 1.54) is 11.6 Å². The van der Waals surface area contributed by atoms with Gasteiger partial charge in [0.25, 0.3) is 0 Å². The molecule has 0 spiro atoms. The molecule has 2 saturated carbocycles. The lowest BCUT2D eigenvalue weighted by Gasteiger charge is -2.59. The molecular weight excluding hydrogens is 392 g/mol. The molecule has 1 aromatic carbocycles. The fourth-order valence-electron chi connectivity index (χ4n) is 5.84. The molecule has 0 amide bonds. The monoisotopic (exact) mass is 424 g/mol. The van der Waals surface area contributed by atoms with Crippen LogP contribution in [0.15, 0.2) is 24.3 Å². The van der Waals surface area contributed by atoms with Crippen LogP contribution in [0.1, 0.15) is 64.0 Å². The normalized spacial score (nSPS) is 32.7. The number of phenolic OH excluding ortho intramolecular Hbond substituents is 1.